The van der Waals surface area contributed by atoms with Crippen LogP contribution in [0.25, 0.3) is 0 Å². The maximum atomic E-state index is 11.8. The fraction of sp³-hybridized carbons (Fsp3) is 0.462. The van der Waals surface area contributed by atoms with E-state index < -0.39 is 17.9 Å². The van der Waals surface area contributed by atoms with Gasteiger partial charge in [-0.15, -0.1) is 0 Å². The lowest BCUT2D eigenvalue weighted by Crippen LogP contribution is -2.30. The number of carbonyl (C=O) groups excluding carboxylic acids is 2. The average Bonchev–Trinajstić information content (AvgIpc) is 2.38. The van der Waals surface area contributed by atoms with Gasteiger partial charge in [0.05, 0.1) is 13.2 Å². The summed E-state index contributed by atoms with van der Waals surface area (Å²) in [5, 5.41) is 0.575. The van der Waals surface area contributed by atoms with E-state index in [4.69, 9.17) is 32.7 Å². The molecule has 1 aromatic heterocycles. The molecule has 0 amide bonds. The number of hydrogen-bond donors (Lipinski definition) is 0. The van der Waals surface area contributed by atoms with Crippen LogP contribution < -0.4 is 0 Å². The minimum atomic E-state index is -1.06. The first-order valence-corrected chi connectivity index (χ1v) is 6.88. The second-order valence-corrected chi connectivity index (χ2v) is 4.65. The molecule has 0 spiro atoms. The summed E-state index contributed by atoms with van der Waals surface area (Å²) in [5.74, 6) is -2.34. The molecule has 0 aliphatic carbocycles. The summed E-state index contributed by atoms with van der Waals surface area (Å²) in [6.07, 6.45) is 1.48. The number of rotatable bonds is 6. The third-order valence-corrected chi connectivity index (χ3v) is 3.02. The van der Waals surface area contributed by atoms with Gasteiger partial charge in [0, 0.05) is 11.2 Å². The molecule has 110 valence electrons. The van der Waals surface area contributed by atoms with E-state index in [1.807, 2.05) is 0 Å². The molecule has 0 radical (unpaired) electrons. The Morgan fingerprint density at radius 2 is 1.75 bits per heavy atom. The van der Waals surface area contributed by atoms with Gasteiger partial charge in [-0.05, 0) is 31.9 Å². The molecular weight excluding hydrogens is 305 g/mol. The molecular formula is C13H15Cl2NO4. The van der Waals surface area contributed by atoms with Gasteiger partial charge in [0.25, 0.3) is 0 Å². The molecule has 7 heteroatoms. The maximum Gasteiger partial charge on any atom is 0.320 e. The highest BCUT2D eigenvalue weighted by Crippen LogP contribution is 2.22. The van der Waals surface area contributed by atoms with Crippen molar-refractivity contribution in [2.75, 3.05) is 13.2 Å². The Bertz CT molecular complexity index is 475. The van der Waals surface area contributed by atoms with Gasteiger partial charge in [0.2, 0.25) is 0 Å². The Morgan fingerprint density at radius 1 is 1.20 bits per heavy atom. The molecule has 0 saturated heterocycles. The van der Waals surface area contributed by atoms with Gasteiger partial charge in [-0.1, -0.05) is 23.2 Å². The molecule has 0 aromatic carbocycles. The zero-order chi connectivity index (χ0) is 15.1. The van der Waals surface area contributed by atoms with Crippen molar-refractivity contribution in [3.63, 3.8) is 0 Å². The van der Waals surface area contributed by atoms with Crippen LogP contribution in [0.2, 0.25) is 10.2 Å². The van der Waals surface area contributed by atoms with Crippen LogP contribution in [-0.4, -0.2) is 30.1 Å². The molecule has 0 unspecified atom stereocenters. The highest BCUT2D eigenvalue weighted by atomic mass is 35.5. The molecule has 0 aliphatic heterocycles. The standard InChI is InChI=1S/C13H15Cl2NO4/c1-3-19-12(17)9(13(18)20-4-2)5-8-7-16-11(15)6-10(8)14/h6-7,9H,3-5H2,1-2H3. The van der Waals surface area contributed by atoms with Crippen molar-refractivity contribution >= 4 is 35.1 Å². The van der Waals surface area contributed by atoms with E-state index in [1.54, 1.807) is 13.8 Å². The van der Waals surface area contributed by atoms with Gasteiger partial charge in [-0.2, -0.15) is 0 Å². The van der Waals surface area contributed by atoms with E-state index in [0.717, 1.165) is 0 Å². The topological polar surface area (TPSA) is 65.5 Å². The van der Waals surface area contributed by atoms with Gasteiger partial charge in [0.1, 0.15) is 5.15 Å². The number of aromatic nitrogens is 1. The summed E-state index contributed by atoms with van der Waals surface area (Å²) in [5.41, 5.74) is 0.530. The minimum Gasteiger partial charge on any atom is -0.465 e. The van der Waals surface area contributed by atoms with Crippen molar-refractivity contribution < 1.29 is 19.1 Å². The van der Waals surface area contributed by atoms with E-state index >= 15 is 0 Å². The molecule has 1 rings (SSSR count). The smallest absolute Gasteiger partial charge is 0.320 e. The normalized spacial score (nSPS) is 10.4. The van der Waals surface area contributed by atoms with Crippen LogP contribution in [0.1, 0.15) is 19.4 Å². The Balaban J connectivity index is 2.93. The minimum absolute atomic E-state index is 0.0562. The first kappa shape index (κ1) is 16.7. The number of ether oxygens (including phenoxy) is 2. The van der Waals surface area contributed by atoms with Crippen molar-refractivity contribution in [1.29, 1.82) is 0 Å². The lowest BCUT2D eigenvalue weighted by Gasteiger charge is -2.14. The summed E-state index contributed by atoms with van der Waals surface area (Å²) >= 11 is 11.7. The van der Waals surface area contributed by atoms with Crippen molar-refractivity contribution in [2.45, 2.75) is 20.3 Å². The van der Waals surface area contributed by atoms with Crippen LogP contribution in [0, 0.1) is 5.92 Å². The van der Waals surface area contributed by atoms with Gasteiger partial charge in [-0.3, -0.25) is 9.59 Å². The largest absolute Gasteiger partial charge is 0.465 e. The Morgan fingerprint density at radius 3 is 2.20 bits per heavy atom. The van der Waals surface area contributed by atoms with Crippen LogP contribution >= 0.6 is 23.2 Å². The first-order valence-electron chi connectivity index (χ1n) is 6.12. The van der Waals surface area contributed by atoms with Crippen molar-refractivity contribution in [1.82, 2.24) is 4.98 Å². The quantitative estimate of drug-likeness (QED) is 0.458. The number of hydrogen-bond acceptors (Lipinski definition) is 5. The number of esters is 2. The monoisotopic (exact) mass is 319 g/mol. The van der Waals surface area contributed by atoms with Crippen LogP contribution in [0.15, 0.2) is 12.3 Å². The SMILES string of the molecule is CCOC(=O)C(Cc1cnc(Cl)cc1Cl)C(=O)OCC. The van der Waals surface area contributed by atoms with Crippen LogP contribution in [-0.2, 0) is 25.5 Å². The van der Waals surface area contributed by atoms with E-state index in [1.165, 1.54) is 12.3 Å². The molecule has 0 aliphatic rings. The van der Waals surface area contributed by atoms with E-state index in [2.05, 4.69) is 4.98 Å². The van der Waals surface area contributed by atoms with Gasteiger partial charge in [0.15, 0.2) is 5.92 Å². The molecule has 0 saturated carbocycles. The van der Waals surface area contributed by atoms with Crippen LogP contribution in [0.4, 0.5) is 0 Å². The zero-order valence-electron chi connectivity index (χ0n) is 11.2. The second-order valence-electron chi connectivity index (χ2n) is 3.86. The molecule has 1 aromatic rings. The number of halogens is 2. The third-order valence-electron chi connectivity index (χ3n) is 2.46. The van der Waals surface area contributed by atoms with Crippen molar-refractivity contribution in [3.05, 3.63) is 28.0 Å². The fourth-order valence-corrected chi connectivity index (χ4v) is 2.00. The summed E-state index contributed by atoms with van der Waals surface area (Å²) < 4.78 is 9.76. The Labute approximate surface area is 127 Å². The summed E-state index contributed by atoms with van der Waals surface area (Å²) in [4.78, 5) is 27.5. The lowest BCUT2D eigenvalue weighted by atomic mass is 10.0. The molecule has 0 atom stereocenters. The summed E-state index contributed by atoms with van der Waals surface area (Å²) in [7, 11) is 0. The van der Waals surface area contributed by atoms with Gasteiger partial charge in [-0.25, -0.2) is 4.98 Å². The maximum absolute atomic E-state index is 11.8. The molecule has 0 N–H and O–H groups in total. The van der Waals surface area contributed by atoms with Crippen LogP contribution in [0.3, 0.4) is 0 Å². The first-order chi connectivity index (χ1) is 9.49. The third kappa shape index (κ3) is 4.65. The number of nitrogens with zero attached hydrogens (tertiary/aromatic N) is 1. The van der Waals surface area contributed by atoms with Crippen LogP contribution in [0.5, 0.6) is 0 Å². The number of pyridine rings is 1. The Kier molecular flexibility index (Phi) is 6.75. The molecule has 0 bridgehead atoms. The summed E-state index contributed by atoms with van der Waals surface area (Å²) in [6, 6.07) is 1.45. The highest BCUT2D eigenvalue weighted by Gasteiger charge is 2.30. The predicted octanol–water partition coefficient (Wildman–Crippen LogP) is 2.67. The lowest BCUT2D eigenvalue weighted by molar-refractivity contribution is -0.161. The van der Waals surface area contributed by atoms with Gasteiger partial charge < -0.3 is 9.47 Å². The molecule has 1 heterocycles. The Hall–Kier alpha value is -1.33. The number of carbonyl (C=O) groups is 2. The van der Waals surface area contributed by atoms with Crippen molar-refractivity contribution in [3.8, 4) is 0 Å². The van der Waals surface area contributed by atoms with E-state index in [9.17, 15) is 9.59 Å². The predicted molar refractivity (Wildman–Crippen MR) is 74.7 cm³/mol. The zero-order valence-corrected chi connectivity index (χ0v) is 12.7. The fourth-order valence-electron chi connectivity index (χ4n) is 1.55. The average molecular weight is 320 g/mol. The second kappa shape index (κ2) is 8.07. The van der Waals surface area contributed by atoms with E-state index in [0.29, 0.717) is 10.6 Å². The molecule has 5 nitrogen and oxygen atoms in total. The van der Waals surface area contributed by atoms with E-state index in [-0.39, 0.29) is 24.8 Å². The highest BCUT2D eigenvalue weighted by molar-refractivity contribution is 6.34. The van der Waals surface area contributed by atoms with Crippen molar-refractivity contribution in [2.24, 2.45) is 5.92 Å². The molecule has 20 heavy (non-hydrogen) atoms. The summed E-state index contributed by atoms with van der Waals surface area (Å²) in [6.45, 7) is 3.69. The molecule has 0 fully saturated rings. The van der Waals surface area contributed by atoms with Gasteiger partial charge >= 0.3 is 11.9 Å².